The molecule has 2 nitrogen and oxygen atoms in total. The first-order chi connectivity index (χ1) is 4.34. The fourth-order valence-electron chi connectivity index (χ4n) is 1.13. The number of ether oxygens (including phenoxy) is 1. The van der Waals surface area contributed by atoms with Crippen LogP contribution in [0.15, 0.2) is 0 Å². The highest BCUT2D eigenvalue weighted by molar-refractivity contribution is 5.71. The van der Waals surface area contributed by atoms with Gasteiger partial charge in [-0.25, -0.2) is 4.58 Å². The molecule has 0 N–H and O–H groups in total. The van der Waals surface area contributed by atoms with E-state index in [1.165, 1.54) is 6.42 Å². The van der Waals surface area contributed by atoms with Gasteiger partial charge in [-0.15, -0.1) is 0 Å². The van der Waals surface area contributed by atoms with Crippen molar-refractivity contribution in [2.75, 3.05) is 20.2 Å². The quantitative estimate of drug-likeness (QED) is 0.477. The standard InChI is InChI=1S/C7H14NO/c1-3-9-7-5-4-6-8(7)2/h3-6H2,1-2H3/q+1. The van der Waals surface area contributed by atoms with Crippen LogP contribution in [0.4, 0.5) is 0 Å². The van der Waals surface area contributed by atoms with Crippen LogP contribution < -0.4 is 0 Å². The van der Waals surface area contributed by atoms with Gasteiger partial charge in [-0.3, -0.25) is 0 Å². The monoisotopic (exact) mass is 128 g/mol. The van der Waals surface area contributed by atoms with E-state index in [2.05, 4.69) is 11.6 Å². The van der Waals surface area contributed by atoms with E-state index in [0.29, 0.717) is 0 Å². The van der Waals surface area contributed by atoms with E-state index in [1.807, 2.05) is 6.92 Å². The summed E-state index contributed by atoms with van der Waals surface area (Å²) in [6.07, 6.45) is 2.39. The first-order valence-electron chi connectivity index (χ1n) is 3.54. The van der Waals surface area contributed by atoms with E-state index in [0.717, 1.165) is 25.5 Å². The Morgan fingerprint density at radius 1 is 1.67 bits per heavy atom. The van der Waals surface area contributed by atoms with E-state index in [9.17, 15) is 0 Å². The first kappa shape index (κ1) is 6.59. The third-order valence-electron chi connectivity index (χ3n) is 1.62. The predicted molar refractivity (Wildman–Crippen MR) is 36.9 cm³/mol. The maximum atomic E-state index is 5.36. The van der Waals surface area contributed by atoms with E-state index in [-0.39, 0.29) is 0 Å². The Labute approximate surface area is 56.1 Å². The average molecular weight is 128 g/mol. The van der Waals surface area contributed by atoms with Gasteiger partial charge < -0.3 is 4.74 Å². The molecule has 0 fully saturated rings. The topological polar surface area (TPSA) is 12.2 Å². The summed E-state index contributed by atoms with van der Waals surface area (Å²) in [5.74, 6) is 1.16. The Kier molecular flexibility index (Phi) is 2.09. The lowest BCUT2D eigenvalue weighted by Gasteiger charge is -1.96. The third kappa shape index (κ3) is 1.44. The Balaban J connectivity index is 2.45. The SMILES string of the molecule is CCOC1=[N+](C)CCC1. The van der Waals surface area contributed by atoms with Crippen molar-refractivity contribution in [1.82, 2.24) is 0 Å². The molecular weight excluding hydrogens is 114 g/mol. The molecule has 0 aliphatic carbocycles. The summed E-state index contributed by atoms with van der Waals surface area (Å²) in [6.45, 7) is 3.99. The lowest BCUT2D eigenvalue weighted by molar-refractivity contribution is -0.497. The van der Waals surface area contributed by atoms with Gasteiger partial charge in [-0.2, -0.15) is 0 Å². The lowest BCUT2D eigenvalue weighted by atomic mass is 10.4. The van der Waals surface area contributed by atoms with Crippen molar-refractivity contribution in [3.05, 3.63) is 0 Å². The Bertz CT molecular complexity index is 129. The molecular formula is C7H14NO+. The smallest absolute Gasteiger partial charge is 0.336 e. The Hall–Kier alpha value is -0.530. The Morgan fingerprint density at radius 2 is 2.44 bits per heavy atom. The minimum atomic E-state index is 0.805. The van der Waals surface area contributed by atoms with Gasteiger partial charge in [0.15, 0.2) is 0 Å². The van der Waals surface area contributed by atoms with E-state index in [1.54, 1.807) is 0 Å². The largest absolute Gasteiger partial charge is 0.448 e. The fraction of sp³-hybridized carbons (Fsp3) is 0.857. The van der Waals surface area contributed by atoms with Crippen molar-refractivity contribution in [2.24, 2.45) is 0 Å². The summed E-state index contributed by atoms with van der Waals surface area (Å²) in [4.78, 5) is 0. The summed E-state index contributed by atoms with van der Waals surface area (Å²) in [5.41, 5.74) is 0. The van der Waals surface area contributed by atoms with Crippen LogP contribution >= 0.6 is 0 Å². The molecule has 0 saturated carbocycles. The van der Waals surface area contributed by atoms with Crippen molar-refractivity contribution in [3.63, 3.8) is 0 Å². The van der Waals surface area contributed by atoms with Gasteiger partial charge in [0.25, 0.3) is 0 Å². The van der Waals surface area contributed by atoms with Gasteiger partial charge in [0, 0.05) is 6.42 Å². The predicted octanol–water partition coefficient (Wildman–Crippen LogP) is 0.858. The Morgan fingerprint density at radius 3 is 2.89 bits per heavy atom. The molecule has 0 aromatic heterocycles. The molecule has 1 heterocycles. The average Bonchev–Trinajstić information content (AvgIpc) is 2.18. The first-order valence-corrected chi connectivity index (χ1v) is 3.54. The summed E-state index contributed by atoms with van der Waals surface area (Å²) < 4.78 is 7.54. The molecule has 0 radical (unpaired) electrons. The summed E-state index contributed by atoms with van der Waals surface area (Å²) in [7, 11) is 2.08. The minimum absolute atomic E-state index is 0.805. The van der Waals surface area contributed by atoms with E-state index >= 15 is 0 Å². The molecule has 0 unspecified atom stereocenters. The lowest BCUT2D eigenvalue weighted by Crippen LogP contribution is -2.12. The van der Waals surface area contributed by atoms with E-state index < -0.39 is 0 Å². The minimum Gasteiger partial charge on any atom is -0.448 e. The zero-order valence-corrected chi connectivity index (χ0v) is 6.18. The highest BCUT2D eigenvalue weighted by atomic mass is 16.5. The molecule has 0 amide bonds. The summed E-state index contributed by atoms with van der Waals surface area (Å²) >= 11 is 0. The molecule has 0 saturated heterocycles. The molecule has 0 spiro atoms. The third-order valence-corrected chi connectivity index (χ3v) is 1.62. The second-order valence-electron chi connectivity index (χ2n) is 2.35. The van der Waals surface area contributed by atoms with Gasteiger partial charge in [-0.1, -0.05) is 0 Å². The zero-order chi connectivity index (χ0) is 6.69. The number of nitrogens with zero attached hydrogens (tertiary/aromatic N) is 1. The molecule has 0 aromatic rings. The highest BCUT2D eigenvalue weighted by Crippen LogP contribution is 2.02. The second kappa shape index (κ2) is 2.85. The summed E-state index contributed by atoms with van der Waals surface area (Å²) in [5, 5.41) is 0. The molecule has 0 bridgehead atoms. The van der Waals surface area contributed by atoms with Crippen molar-refractivity contribution < 1.29 is 9.31 Å². The molecule has 9 heavy (non-hydrogen) atoms. The zero-order valence-electron chi connectivity index (χ0n) is 6.18. The van der Waals surface area contributed by atoms with Crippen LogP contribution in [-0.4, -0.2) is 30.7 Å². The van der Waals surface area contributed by atoms with Crippen LogP contribution in [0.3, 0.4) is 0 Å². The van der Waals surface area contributed by atoms with Crippen LogP contribution in [0, 0.1) is 0 Å². The molecule has 1 aliphatic rings. The maximum absolute atomic E-state index is 5.36. The maximum Gasteiger partial charge on any atom is 0.336 e. The molecule has 1 aliphatic heterocycles. The van der Waals surface area contributed by atoms with Crippen molar-refractivity contribution in [2.45, 2.75) is 19.8 Å². The van der Waals surface area contributed by atoms with E-state index in [4.69, 9.17) is 4.74 Å². The number of hydrogen-bond donors (Lipinski definition) is 0. The van der Waals surface area contributed by atoms with Crippen LogP contribution in [0.25, 0.3) is 0 Å². The number of rotatable bonds is 1. The highest BCUT2D eigenvalue weighted by Gasteiger charge is 2.18. The van der Waals surface area contributed by atoms with Crippen LogP contribution in [-0.2, 0) is 4.74 Å². The summed E-state index contributed by atoms with van der Waals surface area (Å²) in [6, 6.07) is 0. The number of hydrogen-bond acceptors (Lipinski definition) is 1. The molecule has 0 atom stereocenters. The molecule has 2 heteroatoms. The molecule has 0 aromatic carbocycles. The normalized spacial score (nSPS) is 18.9. The van der Waals surface area contributed by atoms with Crippen molar-refractivity contribution >= 4 is 5.90 Å². The van der Waals surface area contributed by atoms with Crippen LogP contribution in [0.1, 0.15) is 19.8 Å². The van der Waals surface area contributed by atoms with Gasteiger partial charge >= 0.3 is 5.90 Å². The fourth-order valence-corrected chi connectivity index (χ4v) is 1.13. The van der Waals surface area contributed by atoms with Crippen molar-refractivity contribution in [1.29, 1.82) is 0 Å². The van der Waals surface area contributed by atoms with Crippen LogP contribution in [0.2, 0.25) is 0 Å². The van der Waals surface area contributed by atoms with Gasteiger partial charge in [-0.05, 0) is 6.92 Å². The van der Waals surface area contributed by atoms with Crippen molar-refractivity contribution in [3.8, 4) is 0 Å². The molecule has 1 rings (SSSR count). The molecule has 52 valence electrons. The van der Waals surface area contributed by atoms with Crippen LogP contribution in [0.5, 0.6) is 0 Å². The van der Waals surface area contributed by atoms with Gasteiger partial charge in [0.1, 0.15) is 13.6 Å². The van der Waals surface area contributed by atoms with Gasteiger partial charge in [0.2, 0.25) is 0 Å². The second-order valence-corrected chi connectivity index (χ2v) is 2.35. The van der Waals surface area contributed by atoms with Gasteiger partial charge in [0.05, 0.1) is 13.0 Å².